The molecule has 0 spiro atoms. The van der Waals surface area contributed by atoms with Gasteiger partial charge in [-0.15, -0.1) is 0 Å². The van der Waals surface area contributed by atoms with Crippen LogP contribution in [0.1, 0.15) is 31.4 Å². The third kappa shape index (κ3) is 3.35. The molecule has 0 aromatic heterocycles. The van der Waals surface area contributed by atoms with Gasteiger partial charge in [0.15, 0.2) is 0 Å². The van der Waals surface area contributed by atoms with Crippen LogP contribution in [0.15, 0.2) is 18.2 Å². The molecule has 1 aromatic rings. The Morgan fingerprint density at radius 3 is 2.76 bits per heavy atom. The summed E-state index contributed by atoms with van der Waals surface area (Å²) in [6.45, 7) is 3.19. The van der Waals surface area contributed by atoms with Crippen LogP contribution in [-0.4, -0.2) is 24.4 Å². The van der Waals surface area contributed by atoms with E-state index >= 15 is 0 Å². The standard InChI is InChI=1S/C13H17ClO3/c1-9(15)12-8-10(14)2-3-13(12)17-11-4-6-16-7-5-11/h2-3,8-9,11,15H,4-7H2,1H3/t9-/m0/s1. The van der Waals surface area contributed by atoms with Crippen molar-refractivity contribution in [2.45, 2.75) is 32.0 Å². The number of halogens is 1. The molecule has 1 N–H and O–H groups in total. The maximum absolute atomic E-state index is 9.70. The molecule has 1 aliphatic heterocycles. The molecule has 3 nitrogen and oxygen atoms in total. The van der Waals surface area contributed by atoms with E-state index in [0.29, 0.717) is 5.02 Å². The van der Waals surface area contributed by atoms with Crippen molar-refractivity contribution in [2.75, 3.05) is 13.2 Å². The fourth-order valence-corrected chi connectivity index (χ4v) is 2.11. The second-order valence-electron chi connectivity index (χ2n) is 4.29. The van der Waals surface area contributed by atoms with E-state index in [1.165, 1.54) is 0 Å². The molecule has 1 atom stereocenters. The van der Waals surface area contributed by atoms with Crippen LogP contribution in [-0.2, 0) is 4.74 Å². The monoisotopic (exact) mass is 256 g/mol. The molecule has 0 saturated carbocycles. The van der Waals surface area contributed by atoms with E-state index in [-0.39, 0.29) is 6.10 Å². The molecule has 94 valence electrons. The Morgan fingerprint density at radius 2 is 2.12 bits per heavy atom. The number of hydrogen-bond donors (Lipinski definition) is 1. The molecule has 1 aliphatic rings. The van der Waals surface area contributed by atoms with Crippen LogP contribution in [0.2, 0.25) is 5.02 Å². The molecule has 0 radical (unpaired) electrons. The first-order chi connectivity index (χ1) is 8.16. The molecule has 1 fully saturated rings. The molecule has 0 bridgehead atoms. The maximum atomic E-state index is 9.70. The van der Waals surface area contributed by atoms with E-state index < -0.39 is 6.10 Å². The van der Waals surface area contributed by atoms with Crippen LogP contribution in [0.3, 0.4) is 0 Å². The molecular formula is C13H17ClO3. The smallest absolute Gasteiger partial charge is 0.125 e. The summed E-state index contributed by atoms with van der Waals surface area (Å²) < 4.78 is 11.2. The highest BCUT2D eigenvalue weighted by Gasteiger charge is 2.18. The van der Waals surface area contributed by atoms with Gasteiger partial charge >= 0.3 is 0 Å². The van der Waals surface area contributed by atoms with Gasteiger partial charge in [0.1, 0.15) is 11.9 Å². The van der Waals surface area contributed by atoms with Crippen molar-refractivity contribution < 1.29 is 14.6 Å². The predicted octanol–water partition coefficient (Wildman–Crippen LogP) is 2.95. The van der Waals surface area contributed by atoms with Gasteiger partial charge in [-0.1, -0.05) is 11.6 Å². The fraction of sp³-hybridized carbons (Fsp3) is 0.538. The second-order valence-corrected chi connectivity index (χ2v) is 4.72. The third-order valence-corrected chi connectivity index (χ3v) is 3.12. The Balaban J connectivity index is 2.13. The molecule has 4 heteroatoms. The molecule has 0 aliphatic carbocycles. The Hall–Kier alpha value is -0.770. The van der Waals surface area contributed by atoms with Crippen LogP contribution in [0.5, 0.6) is 5.75 Å². The summed E-state index contributed by atoms with van der Waals surface area (Å²) >= 11 is 5.92. The van der Waals surface area contributed by atoms with Crippen LogP contribution in [0.4, 0.5) is 0 Å². The molecule has 1 heterocycles. The third-order valence-electron chi connectivity index (χ3n) is 2.88. The van der Waals surface area contributed by atoms with E-state index in [9.17, 15) is 5.11 Å². The van der Waals surface area contributed by atoms with Gasteiger partial charge in [0, 0.05) is 23.4 Å². The van der Waals surface area contributed by atoms with Gasteiger partial charge in [-0.25, -0.2) is 0 Å². The number of benzene rings is 1. The zero-order valence-corrected chi connectivity index (χ0v) is 10.6. The molecule has 2 rings (SSSR count). The van der Waals surface area contributed by atoms with Crippen molar-refractivity contribution in [3.8, 4) is 5.75 Å². The molecule has 0 amide bonds. The van der Waals surface area contributed by atoms with Gasteiger partial charge in [0.2, 0.25) is 0 Å². The van der Waals surface area contributed by atoms with E-state index in [2.05, 4.69) is 0 Å². The van der Waals surface area contributed by atoms with Gasteiger partial charge in [0.25, 0.3) is 0 Å². The summed E-state index contributed by atoms with van der Waals surface area (Å²) in [5.41, 5.74) is 0.740. The number of aliphatic hydroxyl groups excluding tert-OH is 1. The first-order valence-electron chi connectivity index (χ1n) is 5.88. The topological polar surface area (TPSA) is 38.7 Å². The van der Waals surface area contributed by atoms with Crippen molar-refractivity contribution in [2.24, 2.45) is 0 Å². The predicted molar refractivity (Wildman–Crippen MR) is 66.6 cm³/mol. The van der Waals surface area contributed by atoms with Gasteiger partial charge in [-0.05, 0) is 25.1 Å². The van der Waals surface area contributed by atoms with Gasteiger partial charge in [0.05, 0.1) is 19.3 Å². The van der Waals surface area contributed by atoms with Crippen LogP contribution < -0.4 is 4.74 Å². The first-order valence-corrected chi connectivity index (χ1v) is 6.26. The van der Waals surface area contributed by atoms with Gasteiger partial charge < -0.3 is 14.6 Å². The lowest BCUT2D eigenvalue weighted by Crippen LogP contribution is -2.26. The zero-order chi connectivity index (χ0) is 12.3. The lowest BCUT2D eigenvalue weighted by Gasteiger charge is -2.25. The average molecular weight is 257 g/mol. The highest BCUT2D eigenvalue weighted by Crippen LogP contribution is 2.30. The molecule has 1 saturated heterocycles. The number of ether oxygens (including phenoxy) is 2. The molecule has 17 heavy (non-hydrogen) atoms. The summed E-state index contributed by atoms with van der Waals surface area (Å²) in [5.74, 6) is 0.719. The summed E-state index contributed by atoms with van der Waals surface area (Å²) in [4.78, 5) is 0. The summed E-state index contributed by atoms with van der Waals surface area (Å²) in [6, 6.07) is 5.35. The lowest BCUT2D eigenvalue weighted by molar-refractivity contribution is 0.0242. The number of aliphatic hydroxyl groups is 1. The Morgan fingerprint density at radius 1 is 1.41 bits per heavy atom. The number of hydrogen-bond acceptors (Lipinski definition) is 3. The van der Waals surface area contributed by atoms with Gasteiger partial charge in [-0.2, -0.15) is 0 Å². The minimum Gasteiger partial charge on any atom is -0.490 e. The average Bonchev–Trinajstić information content (AvgIpc) is 2.32. The van der Waals surface area contributed by atoms with Crippen LogP contribution >= 0.6 is 11.6 Å². The highest BCUT2D eigenvalue weighted by molar-refractivity contribution is 6.30. The van der Waals surface area contributed by atoms with Crippen molar-refractivity contribution in [1.82, 2.24) is 0 Å². The first kappa shape index (κ1) is 12.7. The fourth-order valence-electron chi connectivity index (χ4n) is 1.93. The molecular weight excluding hydrogens is 240 g/mol. The highest BCUT2D eigenvalue weighted by atomic mass is 35.5. The van der Waals surface area contributed by atoms with Crippen LogP contribution in [0.25, 0.3) is 0 Å². The largest absolute Gasteiger partial charge is 0.490 e. The molecule has 1 aromatic carbocycles. The van der Waals surface area contributed by atoms with Crippen molar-refractivity contribution >= 4 is 11.6 Å². The minimum atomic E-state index is -0.580. The van der Waals surface area contributed by atoms with E-state index in [1.54, 1.807) is 19.1 Å². The Bertz CT molecular complexity index is 373. The molecule has 0 unspecified atom stereocenters. The van der Waals surface area contributed by atoms with E-state index in [4.69, 9.17) is 21.1 Å². The Labute approximate surface area is 106 Å². The van der Waals surface area contributed by atoms with E-state index in [1.807, 2.05) is 6.07 Å². The normalized spacial score (nSPS) is 19.0. The van der Waals surface area contributed by atoms with E-state index in [0.717, 1.165) is 37.4 Å². The SMILES string of the molecule is C[C@H](O)c1cc(Cl)ccc1OC1CCOCC1. The van der Waals surface area contributed by atoms with Gasteiger partial charge in [-0.3, -0.25) is 0 Å². The quantitative estimate of drug-likeness (QED) is 0.904. The summed E-state index contributed by atoms with van der Waals surface area (Å²) in [7, 11) is 0. The van der Waals surface area contributed by atoms with Crippen molar-refractivity contribution in [3.63, 3.8) is 0 Å². The summed E-state index contributed by atoms with van der Waals surface area (Å²) in [6.07, 6.45) is 1.37. The van der Waals surface area contributed by atoms with Crippen LogP contribution in [0, 0.1) is 0 Å². The second kappa shape index (κ2) is 5.71. The van der Waals surface area contributed by atoms with Crippen molar-refractivity contribution in [1.29, 1.82) is 0 Å². The maximum Gasteiger partial charge on any atom is 0.125 e. The zero-order valence-electron chi connectivity index (χ0n) is 9.86. The number of rotatable bonds is 3. The lowest BCUT2D eigenvalue weighted by atomic mass is 10.1. The summed E-state index contributed by atoms with van der Waals surface area (Å²) in [5, 5.41) is 10.3. The minimum absolute atomic E-state index is 0.169. The van der Waals surface area contributed by atoms with Crippen molar-refractivity contribution in [3.05, 3.63) is 28.8 Å². The Kier molecular flexibility index (Phi) is 4.26.